The molecule has 0 spiro atoms. The number of nitrogens with zero attached hydrogens (tertiary/aromatic N) is 3. The van der Waals surface area contributed by atoms with E-state index in [0.29, 0.717) is 0 Å². The summed E-state index contributed by atoms with van der Waals surface area (Å²) in [6.07, 6.45) is 2.35. The lowest BCUT2D eigenvalue weighted by Gasteiger charge is -2.19. The Hall–Kier alpha value is -1.88. The Morgan fingerprint density at radius 1 is 1.42 bits per heavy atom. The minimum atomic E-state index is 0.151. The lowest BCUT2D eigenvalue weighted by Crippen LogP contribution is -2.21. The Kier molecular flexibility index (Phi) is 4.16. The lowest BCUT2D eigenvalue weighted by atomic mass is 10.00. The SMILES string of the molecule is CNC(Cc1ncnn1C)c1cc(C)ccc1OC. The molecule has 0 bridgehead atoms. The van der Waals surface area contributed by atoms with E-state index in [4.69, 9.17) is 4.74 Å². The third-order valence-electron chi connectivity index (χ3n) is 3.30. The zero-order chi connectivity index (χ0) is 13.8. The van der Waals surface area contributed by atoms with E-state index in [0.717, 1.165) is 23.6 Å². The first-order valence-electron chi connectivity index (χ1n) is 6.30. The molecule has 5 heteroatoms. The minimum absolute atomic E-state index is 0.151. The fourth-order valence-corrected chi connectivity index (χ4v) is 2.18. The van der Waals surface area contributed by atoms with Gasteiger partial charge in [-0.2, -0.15) is 5.10 Å². The Labute approximate surface area is 113 Å². The average Bonchev–Trinajstić information content (AvgIpc) is 2.81. The summed E-state index contributed by atoms with van der Waals surface area (Å²) in [5.41, 5.74) is 2.36. The van der Waals surface area contributed by atoms with Crippen LogP contribution in [0.2, 0.25) is 0 Å². The number of aryl methyl sites for hydroxylation is 2. The predicted octanol–water partition coefficient (Wildman–Crippen LogP) is 1.64. The molecule has 2 rings (SSSR count). The van der Waals surface area contributed by atoms with Gasteiger partial charge < -0.3 is 10.1 Å². The van der Waals surface area contributed by atoms with Crippen molar-refractivity contribution < 1.29 is 4.74 Å². The molecule has 1 atom stereocenters. The highest BCUT2D eigenvalue weighted by Gasteiger charge is 2.17. The Morgan fingerprint density at radius 3 is 2.79 bits per heavy atom. The van der Waals surface area contributed by atoms with Gasteiger partial charge in [0.2, 0.25) is 0 Å². The molecule has 19 heavy (non-hydrogen) atoms. The first-order chi connectivity index (χ1) is 9.15. The standard InChI is InChI=1S/C14H20N4O/c1-10-5-6-13(19-4)11(7-10)12(15-2)8-14-16-9-17-18(14)3/h5-7,9,12,15H,8H2,1-4H3. The number of hydrogen-bond donors (Lipinski definition) is 1. The van der Waals surface area contributed by atoms with Gasteiger partial charge in [-0.15, -0.1) is 0 Å². The van der Waals surface area contributed by atoms with E-state index >= 15 is 0 Å². The van der Waals surface area contributed by atoms with Crippen LogP contribution in [0.4, 0.5) is 0 Å². The summed E-state index contributed by atoms with van der Waals surface area (Å²) in [6, 6.07) is 6.36. The number of methoxy groups -OCH3 is 1. The number of aromatic nitrogens is 3. The number of ether oxygens (including phenoxy) is 1. The monoisotopic (exact) mass is 260 g/mol. The van der Waals surface area contributed by atoms with Gasteiger partial charge in [-0.3, -0.25) is 4.68 Å². The van der Waals surface area contributed by atoms with Crippen molar-refractivity contribution in [2.24, 2.45) is 7.05 Å². The summed E-state index contributed by atoms with van der Waals surface area (Å²) in [4.78, 5) is 4.28. The van der Waals surface area contributed by atoms with E-state index in [-0.39, 0.29) is 6.04 Å². The van der Waals surface area contributed by atoms with Gasteiger partial charge in [0, 0.05) is 25.1 Å². The van der Waals surface area contributed by atoms with Gasteiger partial charge in [0.1, 0.15) is 17.9 Å². The van der Waals surface area contributed by atoms with E-state index in [9.17, 15) is 0 Å². The number of benzene rings is 1. The molecule has 0 amide bonds. The van der Waals surface area contributed by atoms with Crippen LogP contribution in [0.15, 0.2) is 24.5 Å². The first-order valence-corrected chi connectivity index (χ1v) is 6.30. The van der Waals surface area contributed by atoms with E-state index in [2.05, 4.69) is 34.5 Å². The predicted molar refractivity (Wildman–Crippen MR) is 74.2 cm³/mol. The van der Waals surface area contributed by atoms with Gasteiger partial charge in [0.05, 0.1) is 7.11 Å². The summed E-state index contributed by atoms with van der Waals surface area (Å²) < 4.78 is 7.25. The van der Waals surface area contributed by atoms with E-state index in [1.54, 1.807) is 18.1 Å². The maximum Gasteiger partial charge on any atom is 0.138 e. The molecule has 1 aromatic carbocycles. The number of rotatable bonds is 5. The molecule has 1 heterocycles. The summed E-state index contributed by atoms with van der Waals surface area (Å²) in [6.45, 7) is 2.08. The molecule has 102 valence electrons. The molecule has 1 aromatic heterocycles. The van der Waals surface area contributed by atoms with Crippen LogP contribution in [0.25, 0.3) is 0 Å². The highest BCUT2D eigenvalue weighted by Crippen LogP contribution is 2.28. The number of likely N-dealkylation sites (N-methyl/N-ethyl adjacent to an activating group) is 1. The smallest absolute Gasteiger partial charge is 0.138 e. The number of nitrogens with one attached hydrogen (secondary N) is 1. The Morgan fingerprint density at radius 2 is 2.21 bits per heavy atom. The lowest BCUT2D eigenvalue weighted by molar-refractivity contribution is 0.400. The van der Waals surface area contributed by atoms with Crippen molar-refractivity contribution in [3.05, 3.63) is 41.5 Å². The quantitative estimate of drug-likeness (QED) is 0.888. The molecule has 2 aromatic rings. The highest BCUT2D eigenvalue weighted by atomic mass is 16.5. The molecule has 1 unspecified atom stereocenters. The normalized spacial score (nSPS) is 12.4. The van der Waals surface area contributed by atoms with Crippen LogP contribution in [0.5, 0.6) is 5.75 Å². The summed E-state index contributed by atoms with van der Waals surface area (Å²) in [5, 5.41) is 7.43. The van der Waals surface area contributed by atoms with Gasteiger partial charge in [-0.1, -0.05) is 17.7 Å². The van der Waals surface area contributed by atoms with Crippen molar-refractivity contribution in [1.29, 1.82) is 0 Å². The van der Waals surface area contributed by atoms with Gasteiger partial charge >= 0.3 is 0 Å². The van der Waals surface area contributed by atoms with Gasteiger partial charge in [-0.05, 0) is 20.0 Å². The molecule has 1 N–H and O–H groups in total. The first kappa shape index (κ1) is 13.5. The second kappa shape index (κ2) is 5.84. The summed E-state index contributed by atoms with van der Waals surface area (Å²) >= 11 is 0. The third-order valence-corrected chi connectivity index (χ3v) is 3.30. The molecule has 0 saturated carbocycles. The van der Waals surface area contributed by atoms with Crippen LogP contribution in [-0.2, 0) is 13.5 Å². The second-order valence-corrected chi connectivity index (χ2v) is 4.59. The maximum absolute atomic E-state index is 5.45. The van der Waals surface area contributed by atoms with Gasteiger partial charge in [0.15, 0.2) is 0 Å². The van der Waals surface area contributed by atoms with Crippen LogP contribution in [-0.4, -0.2) is 28.9 Å². The van der Waals surface area contributed by atoms with Gasteiger partial charge in [0.25, 0.3) is 0 Å². The fraction of sp³-hybridized carbons (Fsp3) is 0.429. The van der Waals surface area contributed by atoms with Crippen LogP contribution < -0.4 is 10.1 Å². The van der Waals surface area contributed by atoms with Crippen molar-refractivity contribution in [2.45, 2.75) is 19.4 Å². The van der Waals surface area contributed by atoms with E-state index in [1.807, 2.05) is 20.2 Å². The van der Waals surface area contributed by atoms with E-state index in [1.165, 1.54) is 5.56 Å². The molecule has 0 radical (unpaired) electrons. The second-order valence-electron chi connectivity index (χ2n) is 4.59. The zero-order valence-corrected chi connectivity index (χ0v) is 11.8. The van der Waals surface area contributed by atoms with Crippen molar-refractivity contribution in [3.63, 3.8) is 0 Å². The van der Waals surface area contributed by atoms with Gasteiger partial charge in [-0.25, -0.2) is 4.98 Å². The fourth-order valence-electron chi connectivity index (χ4n) is 2.18. The molecular formula is C14H20N4O. The van der Waals surface area contributed by atoms with Crippen molar-refractivity contribution in [2.75, 3.05) is 14.2 Å². The molecular weight excluding hydrogens is 240 g/mol. The molecule has 0 aliphatic carbocycles. The van der Waals surface area contributed by atoms with E-state index < -0.39 is 0 Å². The van der Waals surface area contributed by atoms with Crippen LogP contribution in [0, 0.1) is 6.92 Å². The minimum Gasteiger partial charge on any atom is -0.496 e. The van der Waals surface area contributed by atoms with Crippen molar-refractivity contribution in [1.82, 2.24) is 20.1 Å². The van der Waals surface area contributed by atoms with Crippen LogP contribution in [0.3, 0.4) is 0 Å². The average molecular weight is 260 g/mol. The topological polar surface area (TPSA) is 52.0 Å². The van der Waals surface area contributed by atoms with Crippen LogP contribution in [0.1, 0.15) is 23.0 Å². The maximum atomic E-state index is 5.45. The Bertz CT molecular complexity index is 550. The Balaban J connectivity index is 2.31. The molecule has 0 saturated heterocycles. The molecule has 0 aliphatic heterocycles. The number of hydrogen-bond acceptors (Lipinski definition) is 4. The largest absolute Gasteiger partial charge is 0.496 e. The molecule has 0 aliphatic rings. The third kappa shape index (κ3) is 2.93. The zero-order valence-electron chi connectivity index (χ0n) is 11.8. The van der Waals surface area contributed by atoms with Crippen LogP contribution >= 0.6 is 0 Å². The summed E-state index contributed by atoms with van der Waals surface area (Å²) in [7, 11) is 5.55. The van der Waals surface area contributed by atoms with Crippen molar-refractivity contribution in [3.8, 4) is 5.75 Å². The summed E-state index contributed by atoms with van der Waals surface area (Å²) in [5.74, 6) is 1.84. The molecule has 5 nitrogen and oxygen atoms in total. The molecule has 0 fully saturated rings. The highest BCUT2D eigenvalue weighted by molar-refractivity contribution is 5.39. The van der Waals surface area contributed by atoms with Crippen molar-refractivity contribution >= 4 is 0 Å².